The third kappa shape index (κ3) is 10.8. The zero-order valence-corrected chi connectivity index (χ0v) is 34.4. The molecule has 318 valence electrons. The Balaban J connectivity index is 1.42. The van der Waals surface area contributed by atoms with Crippen LogP contribution in [0.4, 0.5) is 39.8 Å². The first-order valence-electron chi connectivity index (χ1n) is 19.0. The number of benzene rings is 2. The molecule has 6 rings (SSSR count). The summed E-state index contributed by atoms with van der Waals surface area (Å²) in [6, 6.07) is 15.4. The summed E-state index contributed by atoms with van der Waals surface area (Å²) in [5.74, 6) is 0.924. The van der Waals surface area contributed by atoms with E-state index >= 15 is 13.2 Å². The Morgan fingerprint density at radius 3 is 1.93 bits per heavy atom. The number of piperazine rings is 1. The van der Waals surface area contributed by atoms with E-state index in [1.807, 2.05) is 53.4 Å². The minimum Gasteiger partial charge on any atom is -0.497 e. The first-order chi connectivity index (χ1) is 28.5. The van der Waals surface area contributed by atoms with Gasteiger partial charge in [-0.15, -0.1) is 0 Å². The van der Waals surface area contributed by atoms with Crippen LogP contribution < -0.4 is 24.4 Å². The fraction of sp³-hybridized carbons (Fsp3) is 0.381. The maximum absolute atomic E-state index is 15.2. The number of rotatable bonds is 13. The van der Waals surface area contributed by atoms with Crippen LogP contribution in [-0.2, 0) is 17.8 Å². The quantitative estimate of drug-likeness (QED) is 0.115. The van der Waals surface area contributed by atoms with Crippen molar-refractivity contribution in [2.24, 2.45) is 0 Å². The fourth-order valence-corrected chi connectivity index (χ4v) is 6.61. The molecule has 1 atom stereocenters. The SMILES string of the molecule is COc1ccc(CN(Cc2ccc(OC)cc2)c2nc(C)nc(-c3cc(C(N4CCN(C(=O)OC(C)(C)C)CC4)C(F)(F)F)cnc3Nc3cnc(OC)c(F)c3)n2)cc1. The van der Waals surface area contributed by atoms with Crippen LogP contribution in [-0.4, -0.2) is 100 Å². The third-order valence-electron chi connectivity index (χ3n) is 9.45. The number of halogens is 4. The molecule has 0 aliphatic carbocycles. The highest BCUT2D eigenvalue weighted by Crippen LogP contribution is 2.41. The van der Waals surface area contributed by atoms with Gasteiger partial charge in [0.1, 0.15) is 34.8 Å². The molecule has 1 fully saturated rings. The number of aryl methyl sites for hydroxylation is 1. The van der Waals surface area contributed by atoms with E-state index < -0.39 is 29.7 Å². The summed E-state index contributed by atoms with van der Waals surface area (Å²) in [7, 11) is 4.44. The maximum Gasteiger partial charge on any atom is 0.410 e. The Morgan fingerprint density at radius 1 is 0.817 bits per heavy atom. The van der Waals surface area contributed by atoms with Crippen LogP contribution in [0.25, 0.3) is 11.4 Å². The molecule has 0 spiro atoms. The number of nitrogens with one attached hydrogen (secondary N) is 1. The molecule has 3 aromatic heterocycles. The van der Waals surface area contributed by atoms with Crippen LogP contribution in [0.3, 0.4) is 0 Å². The van der Waals surface area contributed by atoms with Gasteiger partial charge in [-0.05, 0) is 74.7 Å². The Labute approximate surface area is 345 Å². The van der Waals surface area contributed by atoms with Crippen LogP contribution in [0.1, 0.15) is 49.3 Å². The number of nitrogens with zero attached hydrogens (tertiary/aromatic N) is 8. The number of carbonyl (C=O) groups excluding carboxylic acids is 1. The van der Waals surface area contributed by atoms with Gasteiger partial charge in [-0.2, -0.15) is 23.1 Å². The highest BCUT2D eigenvalue weighted by atomic mass is 19.4. The number of alkyl halides is 3. The van der Waals surface area contributed by atoms with Gasteiger partial charge in [0.25, 0.3) is 0 Å². The number of hydrogen-bond donors (Lipinski definition) is 1. The van der Waals surface area contributed by atoms with E-state index in [1.165, 1.54) is 29.2 Å². The number of ether oxygens (including phenoxy) is 4. The molecular weight excluding hydrogens is 787 g/mol. The average molecular weight is 834 g/mol. The molecule has 1 amide bonds. The van der Waals surface area contributed by atoms with Gasteiger partial charge >= 0.3 is 12.3 Å². The second kappa shape index (κ2) is 18.3. The van der Waals surface area contributed by atoms with E-state index in [2.05, 4.69) is 25.3 Å². The van der Waals surface area contributed by atoms with Crippen LogP contribution in [0.2, 0.25) is 0 Å². The average Bonchev–Trinajstić information content (AvgIpc) is 3.20. The summed E-state index contributed by atoms with van der Waals surface area (Å²) in [5.41, 5.74) is 1.09. The maximum atomic E-state index is 15.2. The molecule has 1 saturated heterocycles. The van der Waals surface area contributed by atoms with Gasteiger partial charge in [-0.1, -0.05) is 24.3 Å². The second-order valence-corrected chi connectivity index (χ2v) is 15.0. The summed E-state index contributed by atoms with van der Waals surface area (Å²) in [5, 5.41) is 2.99. The van der Waals surface area contributed by atoms with E-state index in [0.717, 1.165) is 23.4 Å². The second-order valence-electron chi connectivity index (χ2n) is 15.0. The number of anilines is 3. The largest absolute Gasteiger partial charge is 0.497 e. The normalized spacial score (nSPS) is 14.0. The first kappa shape index (κ1) is 43.3. The predicted molar refractivity (Wildman–Crippen MR) is 216 cm³/mol. The minimum atomic E-state index is -4.75. The van der Waals surface area contributed by atoms with Gasteiger partial charge in [0.15, 0.2) is 11.6 Å². The Hall–Kier alpha value is -6.30. The molecule has 2 aromatic carbocycles. The molecule has 14 nitrogen and oxygen atoms in total. The minimum absolute atomic E-state index is 0.0152. The van der Waals surface area contributed by atoms with Crippen LogP contribution >= 0.6 is 0 Å². The van der Waals surface area contributed by atoms with Crippen molar-refractivity contribution >= 4 is 23.5 Å². The van der Waals surface area contributed by atoms with Gasteiger partial charge in [-0.25, -0.2) is 24.1 Å². The van der Waals surface area contributed by atoms with E-state index in [4.69, 9.17) is 23.9 Å². The lowest BCUT2D eigenvalue weighted by Crippen LogP contribution is -2.53. The molecule has 1 aliphatic rings. The van der Waals surface area contributed by atoms with E-state index in [0.29, 0.717) is 24.6 Å². The highest BCUT2D eigenvalue weighted by molar-refractivity contribution is 5.75. The summed E-state index contributed by atoms with van der Waals surface area (Å²) in [4.78, 5) is 39.9. The zero-order chi connectivity index (χ0) is 43.2. The van der Waals surface area contributed by atoms with E-state index in [1.54, 1.807) is 41.9 Å². The fourth-order valence-electron chi connectivity index (χ4n) is 6.61. The number of pyridine rings is 2. The standard InChI is InChI=1S/C42H47F4N9O5/c1-26-49-37(52-39(50-26)55(24-27-8-12-31(57-5)13-9-27)25-28-10-14-32(58-6)15-11-28)33-20-29(22-47-36(33)51-30-21-34(43)38(59-7)48-23-30)35(42(44,45)46)53-16-18-54(19-17-53)40(56)60-41(2,3)4/h8-15,20-23,35H,16-19,24-25H2,1-7H3,(H,47,51). The third-order valence-corrected chi connectivity index (χ3v) is 9.45. The van der Waals surface area contributed by atoms with Crippen molar-refractivity contribution in [2.45, 2.75) is 58.6 Å². The zero-order valence-electron chi connectivity index (χ0n) is 34.4. The van der Waals surface area contributed by atoms with Crippen molar-refractivity contribution < 1.29 is 41.3 Å². The summed E-state index contributed by atoms with van der Waals surface area (Å²) in [6.45, 7) is 7.37. The van der Waals surface area contributed by atoms with Crippen LogP contribution in [0.15, 0.2) is 73.1 Å². The molecule has 4 heterocycles. The molecule has 0 saturated carbocycles. The van der Waals surface area contributed by atoms with E-state index in [9.17, 15) is 9.18 Å². The van der Waals surface area contributed by atoms with Gasteiger partial charge in [0.05, 0.1) is 38.8 Å². The summed E-state index contributed by atoms with van der Waals surface area (Å²) in [6.07, 6.45) is -2.92. The van der Waals surface area contributed by atoms with Crippen molar-refractivity contribution in [3.63, 3.8) is 0 Å². The number of amides is 1. The molecular formula is C42H47F4N9O5. The van der Waals surface area contributed by atoms with Crippen molar-refractivity contribution in [1.29, 1.82) is 0 Å². The Bertz CT molecular complexity index is 2200. The molecule has 18 heteroatoms. The molecule has 0 radical (unpaired) electrons. The molecule has 1 N–H and O–H groups in total. The van der Waals surface area contributed by atoms with Gasteiger partial charge in [-0.3, -0.25) is 4.90 Å². The molecule has 0 bridgehead atoms. The lowest BCUT2D eigenvalue weighted by molar-refractivity contribution is -0.190. The number of hydrogen-bond acceptors (Lipinski definition) is 13. The number of methoxy groups -OCH3 is 3. The smallest absolute Gasteiger partial charge is 0.410 e. The van der Waals surface area contributed by atoms with Crippen molar-refractivity contribution in [1.82, 2.24) is 34.7 Å². The highest BCUT2D eigenvalue weighted by Gasteiger charge is 2.46. The topological polar surface area (TPSA) is 140 Å². The van der Waals surface area contributed by atoms with Crippen molar-refractivity contribution in [3.05, 3.63) is 101 Å². The Kier molecular flexibility index (Phi) is 13.2. The monoisotopic (exact) mass is 833 g/mol. The number of aromatic nitrogens is 5. The van der Waals surface area contributed by atoms with E-state index in [-0.39, 0.29) is 72.3 Å². The summed E-state index contributed by atoms with van der Waals surface area (Å²) >= 11 is 0. The van der Waals surface area contributed by atoms with Gasteiger partial charge < -0.3 is 34.1 Å². The first-order valence-corrected chi connectivity index (χ1v) is 19.0. The Morgan fingerprint density at radius 2 is 1.42 bits per heavy atom. The van der Waals surface area contributed by atoms with Gasteiger partial charge in [0.2, 0.25) is 11.8 Å². The predicted octanol–water partition coefficient (Wildman–Crippen LogP) is 7.91. The van der Waals surface area contributed by atoms with Crippen molar-refractivity contribution in [3.8, 4) is 28.8 Å². The van der Waals surface area contributed by atoms with Crippen LogP contribution in [0, 0.1) is 12.7 Å². The summed E-state index contributed by atoms with van der Waals surface area (Å²) < 4.78 is 81.5. The van der Waals surface area contributed by atoms with Crippen LogP contribution in [0.5, 0.6) is 17.4 Å². The lowest BCUT2D eigenvalue weighted by atomic mass is 10.0. The molecule has 1 aliphatic heterocycles. The lowest BCUT2D eigenvalue weighted by Gasteiger charge is -2.40. The molecule has 1 unspecified atom stereocenters. The molecule has 5 aromatic rings. The molecule has 60 heavy (non-hydrogen) atoms. The van der Waals surface area contributed by atoms with Gasteiger partial charge in [0, 0.05) is 51.5 Å². The van der Waals surface area contributed by atoms with Crippen molar-refractivity contribution in [2.75, 3.05) is 57.7 Å². The number of carbonyl (C=O) groups is 1.